The van der Waals surface area contributed by atoms with Crippen LogP contribution >= 0.6 is 0 Å². The number of carbonyl (C=O) groups excluding carboxylic acids is 1. The first-order valence-corrected chi connectivity index (χ1v) is 8.56. The number of hydrogen-bond donors (Lipinski definition) is 1. The Morgan fingerprint density at radius 3 is 2.84 bits per heavy atom. The van der Waals surface area contributed by atoms with Gasteiger partial charge >= 0.3 is 0 Å². The van der Waals surface area contributed by atoms with E-state index in [1.54, 1.807) is 10.7 Å². The van der Waals surface area contributed by atoms with Crippen molar-refractivity contribution < 1.29 is 9.21 Å². The highest BCUT2D eigenvalue weighted by Gasteiger charge is 2.18. The number of carbonyl (C=O) groups is 1. The van der Waals surface area contributed by atoms with Crippen LogP contribution in [0.5, 0.6) is 0 Å². The molecule has 25 heavy (non-hydrogen) atoms. The predicted molar refractivity (Wildman–Crippen MR) is 98.9 cm³/mol. The van der Waals surface area contributed by atoms with Crippen molar-refractivity contribution in [2.24, 2.45) is 0 Å². The Hall–Kier alpha value is -2.79. The van der Waals surface area contributed by atoms with Gasteiger partial charge in [-0.15, -0.1) is 0 Å². The molecular formula is C20H21N3O2. The molecule has 1 aromatic carbocycles. The summed E-state index contributed by atoms with van der Waals surface area (Å²) in [7, 11) is 0. The maximum Gasteiger partial charge on any atom is 0.196 e. The van der Waals surface area contributed by atoms with Crippen LogP contribution in [-0.2, 0) is 0 Å². The SMILES string of the molecule is CCN1CC=C(c2cn(N)c3ccc(C(=O)c4ccoc4)cc23)CC1. The molecule has 0 aliphatic carbocycles. The average Bonchev–Trinajstić information content (AvgIpc) is 3.29. The molecule has 0 radical (unpaired) electrons. The summed E-state index contributed by atoms with van der Waals surface area (Å²) < 4.78 is 6.67. The highest BCUT2D eigenvalue weighted by Crippen LogP contribution is 2.31. The van der Waals surface area contributed by atoms with E-state index < -0.39 is 0 Å². The number of nitrogens with zero attached hydrogens (tertiary/aromatic N) is 2. The fourth-order valence-electron chi connectivity index (χ4n) is 3.46. The molecule has 0 bridgehead atoms. The maximum atomic E-state index is 12.6. The Kier molecular flexibility index (Phi) is 3.93. The van der Waals surface area contributed by atoms with E-state index in [1.165, 1.54) is 18.1 Å². The van der Waals surface area contributed by atoms with E-state index >= 15 is 0 Å². The zero-order valence-electron chi connectivity index (χ0n) is 14.2. The second kappa shape index (κ2) is 6.26. The molecule has 3 heterocycles. The Morgan fingerprint density at radius 2 is 2.16 bits per heavy atom. The molecule has 0 fully saturated rings. The second-order valence-corrected chi connectivity index (χ2v) is 6.40. The van der Waals surface area contributed by atoms with Gasteiger partial charge in [0.15, 0.2) is 5.78 Å². The lowest BCUT2D eigenvalue weighted by Gasteiger charge is -2.24. The van der Waals surface area contributed by atoms with Crippen LogP contribution in [0, 0.1) is 0 Å². The summed E-state index contributed by atoms with van der Waals surface area (Å²) in [5.74, 6) is 6.10. The molecule has 1 aliphatic heterocycles. The Balaban J connectivity index is 1.77. The van der Waals surface area contributed by atoms with Crippen molar-refractivity contribution in [1.29, 1.82) is 0 Å². The van der Waals surface area contributed by atoms with E-state index in [0.717, 1.165) is 42.5 Å². The minimum absolute atomic E-state index is 0.0406. The van der Waals surface area contributed by atoms with E-state index in [0.29, 0.717) is 11.1 Å². The van der Waals surface area contributed by atoms with Crippen LogP contribution < -0.4 is 5.84 Å². The summed E-state index contributed by atoms with van der Waals surface area (Å²) in [6.07, 6.45) is 8.22. The van der Waals surface area contributed by atoms with Gasteiger partial charge in [0.2, 0.25) is 0 Å². The molecule has 0 amide bonds. The van der Waals surface area contributed by atoms with Gasteiger partial charge in [-0.3, -0.25) is 14.4 Å². The zero-order chi connectivity index (χ0) is 17.4. The normalized spacial score (nSPS) is 15.5. The van der Waals surface area contributed by atoms with Crippen LogP contribution in [0.1, 0.15) is 34.8 Å². The molecule has 0 atom stereocenters. The van der Waals surface area contributed by atoms with Crippen molar-refractivity contribution in [3.05, 3.63) is 65.8 Å². The number of rotatable bonds is 4. The molecule has 2 N–H and O–H groups in total. The summed E-state index contributed by atoms with van der Waals surface area (Å²) in [6.45, 7) is 5.24. The molecule has 5 heteroatoms. The van der Waals surface area contributed by atoms with Gasteiger partial charge < -0.3 is 10.3 Å². The van der Waals surface area contributed by atoms with Gasteiger partial charge in [-0.25, -0.2) is 0 Å². The van der Waals surface area contributed by atoms with Crippen LogP contribution in [0.2, 0.25) is 0 Å². The van der Waals surface area contributed by atoms with Crippen molar-refractivity contribution >= 4 is 22.3 Å². The van der Waals surface area contributed by atoms with Gasteiger partial charge in [0.05, 0.1) is 17.3 Å². The summed E-state index contributed by atoms with van der Waals surface area (Å²) in [6, 6.07) is 7.35. The molecule has 0 spiro atoms. The van der Waals surface area contributed by atoms with Crippen molar-refractivity contribution in [3.63, 3.8) is 0 Å². The molecule has 2 aromatic heterocycles. The van der Waals surface area contributed by atoms with Crippen LogP contribution in [0.15, 0.2) is 53.5 Å². The minimum atomic E-state index is -0.0406. The van der Waals surface area contributed by atoms with Gasteiger partial charge in [0.1, 0.15) is 6.26 Å². The molecule has 128 valence electrons. The number of fused-ring (bicyclic) bond motifs is 1. The number of nitrogen functional groups attached to an aromatic ring is 1. The first-order valence-electron chi connectivity index (χ1n) is 8.56. The summed E-state index contributed by atoms with van der Waals surface area (Å²) in [5.41, 5.74) is 4.55. The highest BCUT2D eigenvalue weighted by molar-refractivity contribution is 6.11. The van der Waals surface area contributed by atoms with Gasteiger partial charge in [-0.05, 0) is 42.8 Å². The van der Waals surface area contributed by atoms with Crippen LogP contribution in [0.3, 0.4) is 0 Å². The first kappa shape index (κ1) is 15.7. The van der Waals surface area contributed by atoms with E-state index in [-0.39, 0.29) is 5.78 Å². The minimum Gasteiger partial charge on any atom is -0.472 e. The van der Waals surface area contributed by atoms with Crippen molar-refractivity contribution in [2.45, 2.75) is 13.3 Å². The van der Waals surface area contributed by atoms with Gasteiger partial charge in [0, 0.05) is 35.8 Å². The van der Waals surface area contributed by atoms with E-state index in [1.807, 2.05) is 24.4 Å². The largest absolute Gasteiger partial charge is 0.472 e. The first-order chi connectivity index (χ1) is 12.2. The van der Waals surface area contributed by atoms with Crippen molar-refractivity contribution in [2.75, 3.05) is 25.5 Å². The molecule has 4 rings (SSSR count). The average molecular weight is 335 g/mol. The van der Waals surface area contributed by atoms with Crippen molar-refractivity contribution in [3.8, 4) is 0 Å². The monoisotopic (exact) mass is 335 g/mol. The highest BCUT2D eigenvalue weighted by atomic mass is 16.3. The third-order valence-corrected chi connectivity index (χ3v) is 4.97. The van der Waals surface area contributed by atoms with E-state index in [2.05, 4.69) is 17.9 Å². The summed E-state index contributed by atoms with van der Waals surface area (Å²) in [5, 5.41) is 1.02. The number of furan rings is 1. The van der Waals surface area contributed by atoms with Gasteiger partial charge in [0.25, 0.3) is 0 Å². The molecule has 5 nitrogen and oxygen atoms in total. The van der Waals surface area contributed by atoms with Gasteiger partial charge in [-0.2, -0.15) is 0 Å². The number of aromatic nitrogens is 1. The Labute approximate surface area is 146 Å². The van der Waals surface area contributed by atoms with Crippen molar-refractivity contribution in [1.82, 2.24) is 9.58 Å². The molecule has 0 unspecified atom stereocenters. The number of benzene rings is 1. The molecule has 0 saturated carbocycles. The summed E-state index contributed by atoms with van der Waals surface area (Å²) in [4.78, 5) is 15.0. The number of nitrogens with two attached hydrogens (primary N) is 1. The molecule has 1 aliphatic rings. The number of hydrogen-bond acceptors (Lipinski definition) is 4. The number of likely N-dealkylation sites (N-methyl/N-ethyl adjacent to an activating group) is 1. The molecule has 3 aromatic rings. The quantitative estimate of drug-likeness (QED) is 0.587. The van der Waals surface area contributed by atoms with Crippen LogP contribution in [0.25, 0.3) is 16.5 Å². The smallest absolute Gasteiger partial charge is 0.196 e. The zero-order valence-corrected chi connectivity index (χ0v) is 14.2. The molecule has 0 saturated heterocycles. The second-order valence-electron chi connectivity index (χ2n) is 6.40. The fraction of sp³-hybridized carbons (Fsp3) is 0.250. The standard InChI is InChI=1S/C20H21N3O2/c1-2-22-8-5-14(6-9-22)18-12-23(21)19-4-3-15(11-17(18)19)20(24)16-7-10-25-13-16/h3-5,7,10-13H,2,6,8-9,21H2,1H3. The maximum absolute atomic E-state index is 12.6. The number of ketones is 1. The topological polar surface area (TPSA) is 64.4 Å². The Bertz CT molecular complexity index is 951. The lowest BCUT2D eigenvalue weighted by Crippen LogP contribution is -2.27. The predicted octanol–water partition coefficient (Wildman–Crippen LogP) is 3.29. The third kappa shape index (κ3) is 2.76. The third-order valence-electron chi connectivity index (χ3n) is 4.97. The Morgan fingerprint density at radius 1 is 1.28 bits per heavy atom. The molecular weight excluding hydrogens is 314 g/mol. The van der Waals surface area contributed by atoms with E-state index in [9.17, 15) is 4.79 Å². The fourth-order valence-corrected chi connectivity index (χ4v) is 3.46. The van der Waals surface area contributed by atoms with Gasteiger partial charge in [-0.1, -0.05) is 13.0 Å². The van der Waals surface area contributed by atoms with E-state index in [4.69, 9.17) is 10.3 Å². The van der Waals surface area contributed by atoms with Crippen LogP contribution in [-0.4, -0.2) is 35.0 Å². The lowest BCUT2D eigenvalue weighted by atomic mass is 9.96. The van der Waals surface area contributed by atoms with Crippen LogP contribution in [0.4, 0.5) is 0 Å². The lowest BCUT2D eigenvalue weighted by molar-refractivity contribution is 0.103. The summed E-state index contributed by atoms with van der Waals surface area (Å²) >= 11 is 0.